The Morgan fingerprint density at radius 1 is 1.03 bits per heavy atom. The SMILES string of the molecule is Cc1sc2ncnc(NCCC(=O)Nc3ccc(N(C)C)cc3)c2c1-c1ccccc1. The average Bonchev–Trinajstić information content (AvgIpc) is 3.11. The van der Waals surface area contributed by atoms with Crippen LogP contribution in [0.2, 0.25) is 0 Å². The van der Waals surface area contributed by atoms with Crippen LogP contribution < -0.4 is 15.5 Å². The lowest BCUT2D eigenvalue weighted by atomic mass is 10.0. The number of carbonyl (C=O) groups excluding carboxylic acids is 1. The third kappa shape index (κ3) is 4.67. The fourth-order valence-corrected chi connectivity index (χ4v) is 4.50. The summed E-state index contributed by atoms with van der Waals surface area (Å²) in [6.07, 6.45) is 1.91. The number of rotatable bonds is 7. The summed E-state index contributed by atoms with van der Waals surface area (Å²) in [4.78, 5) is 25.5. The second-order valence-corrected chi connectivity index (χ2v) is 8.67. The summed E-state index contributed by atoms with van der Waals surface area (Å²) in [6.45, 7) is 2.59. The molecule has 0 aliphatic heterocycles. The number of nitrogens with zero attached hydrogens (tertiary/aromatic N) is 3. The predicted molar refractivity (Wildman–Crippen MR) is 130 cm³/mol. The van der Waals surface area contributed by atoms with Gasteiger partial charge in [-0.05, 0) is 36.8 Å². The van der Waals surface area contributed by atoms with Crippen molar-refractivity contribution >= 4 is 44.7 Å². The minimum Gasteiger partial charge on any atom is -0.378 e. The van der Waals surface area contributed by atoms with E-state index in [-0.39, 0.29) is 5.91 Å². The number of fused-ring (bicyclic) bond motifs is 1. The van der Waals surface area contributed by atoms with Crippen LogP contribution in [0.25, 0.3) is 21.3 Å². The molecule has 0 saturated carbocycles. The van der Waals surface area contributed by atoms with E-state index in [2.05, 4.69) is 39.7 Å². The highest BCUT2D eigenvalue weighted by molar-refractivity contribution is 7.19. The number of nitrogens with one attached hydrogen (secondary N) is 2. The van der Waals surface area contributed by atoms with Crippen LogP contribution in [0.5, 0.6) is 0 Å². The van der Waals surface area contributed by atoms with E-state index in [9.17, 15) is 4.79 Å². The second kappa shape index (κ2) is 9.14. The number of carbonyl (C=O) groups is 1. The molecule has 4 rings (SSSR count). The van der Waals surface area contributed by atoms with E-state index in [4.69, 9.17) is 0 Å². The molecule has 1 amide bonds. The first-order valence-electron chi connectivity index (χ1n) is 10.1. The van der Waals surface area contributed by atoms with Crippen LogP contribution in [-0.4, -0.2) is 36.5 Å². The highest BCUT2D eigenvalue weighted by Crippen LogP contribution is 2.40. The van der Waals surface area contributed by atoms with Crippen molar-refractivity contribution in [1.29, 1.82) is 0 Å². The van der Waals surface area contributed by atoms with E-state index in [1.165, 1.54) is 4.88 Å². The maximum atomic E-state index is 12.4. The van der Waals surface area contributed by atoms with Gasteiger partial charge in [-0.2, -0.15) is 0 Å². The van der Waals surface area contributed by atoms with Crippen LogP contribution in [0, 0.1) is 6.92 Å². The van der Waals surface area contributed by atoms with Gasteiger partial charge in [0.05, 0.1) is 5.39 Å². The smallest absolute Gasteiger partial charge is 0.226 e. The number of anilines is 3. The van der Waals surface area contributed by atoms with Gasteiger partial charge in [-0.1, -0.05) is 30.3 Å². The third-order valence-corrected chi connectivity index (χ3v) is 6.05. The maximum absolute atomic E-state index is 12.4. The molecule has 0 unspecified atom stereocenters. The summed E-state index contributed by atoms with van der Waals surface area (Å²) in [7, 11) is 3.98. The Labute approximate surface area is 186 Å². The van der Waals surface area contributed by atoms with Gasteiger partial charge in [0, 0.05) is 48.9 Å². The molecule has 6 nitrogen and oxygen atoms in total. The zero-order valence-corrected chi connectivity index (χ0v) is 18.7. The number of hydrogen-bond acceptors (Lipinski definition) is 6. The van der Waals surface area contributed by atoms with Crippen molar-refractivity contribution < 1.29 is 4.79 Å². The lowest BCUT2D eigenvalue weighted by Crippen LogP contribution is -2.17. The van der Waals surface area contributed by atoms with Gasteiger partial charge in [0.15, 0.2) is 0 Å². The van der Waals surface area contributed by atoms with E-state index in [1.54, 1.807) is 17.7 Å². The van der Waals surface area contributed by atoms with Crippen molar-refractivity contribution in [3.05, 3.63) is 65.8 Å². The Kier molecular flexibility index (Phi) is 6.13. The standard InChI is InChI=1S/C24H25N5OS/c1-16-21(17-7-5-4-6-8-17)22-23(26-15-27-24(22)31-16)25-14-13-20(30)28-18-9-11-19(12-10-18)29(2)3/h4-12,15H,13-14H2,1-3H3,(H,28,30)(H,25,26,27). The Balaban J connectivity index is 1.45. The Hall–Kier alpha value is -3.45. The summed E-state index contributed by atoms with van der Waals surface area (Å²) in [5.41, 5.74) is 4.17. The Bertz CT molecular complexity index is 1190. The molecule has 4 aromatic rings. The average molecular weight is 432 g/mol. The van der Waals surface area contributed by atoms with E-state index in [0.29, 0.717) is 13.0 Å². The first-order valence-corrected chi connectivity index (χ1v) is 10.9. The number of thiophene rings is 1. The fourth-order valence-electron chi connectivity index (χ4n) is 3.49. The van der Waals surface area contributed by atoms with Crippen molar-refractivity contribution in [1.82, 2.24) is 9.97 Å². The zero-order valence-electron chi connectivity index (χ0n) is 17.8. The molecule has 0 saturated heterocycles. The van der Waals surface area contributed by atoms with Gasteiger partial charge in [-0.25, -0.2) is 9.97 Å². The summed E-state index contributed by atoms with van der Waals surface area (Å²) < 4.78 is 0. The van der Waals surface area contributed by atoms with Crippen molar-refractivity contribution in [2.24, 2.45) is 0 Å². The molecule has 0 bridgehead atoms. The van der Waals surface area contributed by atoms with Crippen LogP contribution >= 0.6 is 11.3 Å². The minimum atomic E-state index is -0.0415. The highest BCUT2D eigenvalue weighted by atomic mass is 32.1. The normalized spacial score (nSPS) is 10.8. The molecule has 158 valence electrons. The van der Waals surface area contributed by atoms with Gasteiger partial charge >= 0.3 is 0 Å². The van der Waals surface area contributed by atoms with Gasteiger partial charge in [0.2, 0.25) is 5.91 Å². The molecule has 0 aliphatic carbocycles. The van der Waals surface area contributed by atoms with Crippen molar-refractivity contribution in [3.63, 3.8) is 0 Å². The number of benzene rings is 2. The first kappa shape index (κ1) is 20.8. The second-order valence-electron chi connectivity index (χ2n) is 7.47. The molecule has 0 aliphatic rings. The van der Waals surface area contributed by atoms with Crippen LogP contribution in [0.15, 0.2) is 60.9 Å². The zero-order chi connectivity index (χ0) is 21.8. The lowest BCUT2D eigenvalue weighted by Gasteiger charge is -2.13. The third-order valence-electron chi connectivity index (χ3n) is 5.04. The molecule has 0 radical (unpaired) electrons. The summed E-state index contributed by atoms with van der Waals surface area (Å²) in [5, 5.41) is 7.29. The van der Waals surface area contributed by atoms with Gasteiger partial charge in [0.1, 0.15) is 17.0 Å². The van der Waals surface area contributed by atoms with E-state index in [0.717, 1.165) is 38.5 Å². The van der Waals surface area contributed by atoms with Crippen LogP contribution in [0.1, 0.15) is 11.3 Å². The van der Waals surface area contributed by atoms with Crippen molar-refractivity contribution in [2.75, 3.05) is 36.2 Å². The van der Waals surface area contributed by atoms with Crippen molar-refractivity contribution in [2.45, 2.75) is 13.3 Å². The fraction of sp³-hybridized carbons (Fsp3) is 0.208. The molecule has 31 heavy (non-hydrogen) atoms. The van der Waals surface area contributed by atoms with Gasteiger partial charge in [0.25, 0.3) is 0 Å². The summed E-state index contributed by atoms with van der Waals surface area (Å²) >= 11 is 1.66. The minimum absolute atomic E-state index is 0.0415. The molecule has 2 heterocycles. The maximum Gasteiger partial charge on any atom is 0.226 e. The van der Waals surface area contributed by atoms with Crippen molar-refractivity contribution in [3.8, 4) is 11.1 Å². The predicted octanol–water partition coefficient (Wildman–Crippen LogP) is 5.17. The van der Waals surface area contributed by atoms with E-state index in [1.807, 2.05) is 61.5 Å². The Morgan fingerprint density at radius 3 is 2.48 bits per heavy atom. The largest absolute Gasteiger partial charge is 0.378 e. The number of aromatic nitrogens is 2. The van der Waals surface area contributed by atoms with E-state index >= 15 is 0 Å². The molecular weight excluding hydrogens is 406 g/mol. The highest BCUT2D eigenvalue weighted by Gasteiger charge is 2.16. The van der Waals surface area contributed by atoms with Gasteiger partial charge in [-0.15, -0.1) is 11.3 Å². The van der Waals surface area contributed by atoms with E-state index < -0.39 is 0 Å². The van der Waals surface area contributed by atoms with Gasteiger partial charge in [-0.3, -0.25) is 4.79 Å². The molecule has 2 aromatic carbocycles. The molecule has 7 heteroatoms. The topological polar surface area (TPSA) is 70.1 Å². The molecule has 2 N–H and O–H groups in total. The summed E-state index contributed by atoms with van der Waals surface area (Å²) in [5.74, 6) is 0.719. The Morgan fingerprint density at radius 2 is 1.77 bits per heavy atom. The monoisotopic (exact) mass is 431 g/mol. The summed E-state index contributed by atoms with van der Waals surface area (Å²) in [6, 6.07) is 18.1. The molecular formula is C24H25N5OS. The van der Waals surface area contributed by atoms with Crippen LogP contribution in [0.4, 0.5) is 17.2 Å². The first-order chi connectivity index (χ1) is 15.0. The molecule has 0 spiro atoms. The lowest BCUT2D eigenvalue weighted by molar-refractivity contribution is -0.115. The molecule has 2 aromatic heterocycles. The number of amides is 1. The van der Waals surface area contributed by atoms with Crippen LogP contribution in [0.3, 0.4) is 0 Å². The molecule has 0 atom stereocenters. The molecule has 0 fully saturated rings. The van der Waals surface area contributed by atoms with Crippen LogP contribution in [-0.2, 0) is 4.79 Å². The number of hydrogen-bond donors (Lipinski definition) is 2. The van der Waals surface area contributed by atoms with Gasteiger partial charge < -0.3 is 15.5 Å². The number of aryl methyl sites for hydroxylation is 1. The quantitative estimate of drug-likeness (QED) is 0.422.